The van der Waals surface area contributed by atoms with Gasteiger partial charge in [-0.25, -0.2) is 0 Å². The third kappa shape index (κ3) is 4.17. The predicted molar refractivity (Wildman–Crippen MR) is 98.1 cm³/mol. The van der Waals surface area contributed by atoms with Crippen LogP contribution in [0.4, 0.5) is 5.69 Å². The molecule has 0 saturated heterocycles. The van der Waals surface area contributed by atoms with E-state index >= 15 is 0 Å². The minimum absolute atomic E-state index is 0.602. The van der Waals surface area contributed by atoms with Crippen molar-refractivity contribution in [2.45, 2.75) is 20.4 Å². The second kappa shape index (κ2) is 7.88. The average molecular weight is 429 g/mol. The molecular weight excluding hydrogens is 410 g/mol. The summed E-state index contributed by atoms with van der Waals surface area (Å²) in [6, 6.07) is 10.2. The highest BCUT2D eigenvalue weighted by Crippen LogP contribution is 2.36. The van der Waals surface area contributed by atoms with E-state index in [0.29, 0.717) is 13.2 Å². The van der Waals surface area contributed by atoms with Crippen LogP contribution in [0.5, 0.6) is 11.5 Å². The van der Waals surface area contributed by atoms with E-state index in [9.17, 15) is 0 Å². The lowest BCUT2D eigenvalue weighted by atomic mass is 10.1. The van der Waals surface area contributed by atoms with E-state index in [-0.39, 0.29) is 0 Å². The molecule has 2 rings (SSSR count). The molecule has 0 heterocycles. The number of nitrogens with one attached hydrogen (secondary N) is 1. The van der Waals surface area contributed by atoms with Crippen molar-refractivity contribution < 1.29 is 9.47 Å². The molecule has 1 N–H and O–H groups in total. The molecule has 0 fully saturated rings. The molecular formula is C17H19Br2NO2. The Bertz CT molecular complexity index is 659. The van der Waals surface area contributed by atoms with Crippen LogP contribution >= 0.6 is 31.9 Å². The normalized spacial score (nSPS) is 10.4. The van der Waals surface area contributed by atoms with Crippen molar-refractivity contribution in [1.82, 2.24) is 0 Å². The van der Waals surface area contributed by atoms with Crippen molar-refractivity contribution in [3.8, 4) is 11.5 Å². The van der Waals surface area contributed by atoms with Gasteiger partial charge in [-0.05, 0) is 71.2 Å². The fraction of sp³-hybridized carbons (Fsp3) is 0.294. The summed E-state index contributed by atoms with van der Waals surface area (Å²) in [5.41, 5.74) is 3.44. The fourth-order valence-electron chi connectivity index (χ4n) is 2.18. The Morgan fingerprint density at radius 3 is 2.55 bits per heavy atom. The van der Waals surface area contributed by atoms with Gasteiger partial charge in [0.05, 0.1) is 18.2 Å². The van der Waals surface area contributed by atoms with Crippen LogP contribution < -0.4 is 14.8 Å². The van der Waals surface area contributed by atoms with Gasteiger partial charge in [0.1, 0.15) is 0 Å². The number of ether oxygens (including phenoxy) is 2. The summed E-state index contributed by atoms with van der Waals surface area (Å²) in [5, 5.41) is 3.45. The van der Waals surface area contributed by atoms with Crippen LogP contribution in [0.15, 0.2) is 39.3 Å². The Kier molecular flexibility index (Phi) is 6.15. The molecule has 0 unspecified atom stereocenters. The number of halogens is 2. The van der Waals surface area contributed by atoms with Gasteiger partial charge in [0.25, 0.3) is 0 Å². The summed E-state index contributed by atoms with van der Waals surface area (Å²) in [6.45, 7) is 5.36. The summed E-state index contributed by atoms with van der Waals surface area (Å²) in [7, 11) is 1.65. The van der Waals surface area contributed by atoms with Crippen LogP contribution in [0.2, 0.25) is 0 Å². The molecule has 0 aliphatic carbocycles. The summed E-state index contributed by atoms with van der Waals surface area (Å²) in [4.78, 5) is 0. The van der Waals surface area contributed by atoms with Crippen LogP contribution in [0.25, 0.3) is 0 Å². The molecule has 0 spiro atoms. The fourth-order valence-corrected chi connectivity index (χ4v) is 3.26. The van der Waals surface area contributed by atoms with Crippen LogP contribution in [-0.4, -0.2) is 13.7 Å². The van der Waals surface area contributed by atoms with E-state index in [4.69, 9.17) is 9.47 Å². The average Bonchev–Trinajstić information content (AvgIpc) is 2.48. The summed E-state index contributed by atoms with van der Waals surface area (Å²) < 4.78 is 13.0. The molecule has 0 saturated carbocycles. The van der Waals surface area contributed by atoms with Crippen LogP contribution in [0.1, 0.15) is 18.1 Å². The number of methoxy groups -OCH3 is 1. The molecule has 0 atom stereocenters. The Labute approximate surface area is 148 Å². The van der Waals surface area contributed by atoms with Crippen molar-refractivity contribution in [3.63, 3.8) is 0 Å². The zero-order chi connectivity index (χ0) is 16.1. The first-order valence-electron chi connectivity index (χ1n) is 7.04. The van der Waals surface area contributed by atoms with Gasteiger partial charge >= 0.3 is 0 Å². The van der Waals surface area contributed by atoms with Crippen LogP contribution in [0, 0.1) is 6.92 Å². The van der Waals surface area contributed by atoms with Crippen molar-refractivity contribution in [3.05, 3.63) is 50.4 Å². The molecule has 0 radical (unpaired) electrons. The first kappa shape index (κ1) is 17.2. The summed E-state index contributed by atoms with van der Waals surface area (Å²) in [6.07, 6.45) is 0. The molecule has 2 aromatic rings. The summed E-state index contributed by atoms with van der Waals surface area (Å²) >= 11 is 7.03. The quantitative estimate of drug-likeness (QED) is 0.655. The van der Waals surface area contributed by atoms with Gasteiger partial charge in [-0.1, -0.05) is 15.9 Å². The molecule has 2 aromatic carbocycles. The van der Waals surface area contributed by atoms with Crippen molar-refractivity contribution in [2.24, 2.45) is 0 Å². The predicted octanol–water partition coefficient (Wildman–Crippen LogP) is 5.54. The van der Waals surface area contributed by atoms with E-state index in [1.54, 1.807) is 7.11 Å². The third-order valence-corrected chi connectivity index (χ3v) is 4.33. The number of rotatable bonds is 6. The molecule has 22 heavy (non-hydrogen) atoms. The largest absolute Gasteiger partial charge is 0.493 e. The molecule has 0 bridgehead atoms. The number of anilines is 1. The minimum atomic E-state index is 0.602. The topological polar surface area (TPSA) is 30.5 Å². The maximum absolute atomic E-state index is 5.61. The molecule has 118 valence electrons. The second-order valence-corrected chi connectivity index (χ2v) is 6.62. The van der Waals surface area contributed by atoms with Gasteiger partial charge in [0.2, 0.25) is 0 Å². The van der Waals surface area contributed by atoms with Gasteiger partial charge in [0.15, 0.2) is 11.5 Å². The first-order valence-corrected chi connectivity index (χ1v) is 8.63. The van der Waals surface area contributed by atoms with Gasteiger partial charge in [-0.3, -0.25) is 0 Å². The van der Waals surface area contributed by atoms with Crippen molar-refractivity contribution in [2.75, 3.05) is 19.0 Å². The highest BCUT2D eigenvalue weighted by molar-refractivity contribution is 9.10. The van der Waals surface area contributed by atoms with Crippen molar-refractivity contribution in [1.29, 1.82) is 0 Å². The van der Waals surface area contributed by atoms with Crippen LogP contribution in [0.3, 0.4) is 0 Å². The minimum Gasteiger partial charge on any atom is -0.493 e. The van der Waals surface area contributed by atoms with Gasteiger partial charge < -0.3 is 14.8 Å². The SMILES string of the molecule is CCOc1c(Br)cc(CNc2ccc(Br)cc2C)cc1OC. The maximum Gasteiger partial charge on any atom is 0.175 e. The second-order valence-electron chi connectivity index (χ2n) is 4.85. The van der Waals surface area contributed by atoms with Gasteiger partial charge in [-0.15, -0.1) is 0 Å². The van der Waals surface area contributed by atoms with E-state index in [1.807, 2.05) is 19.1 Å². The van der Waals surface area contributed by atoms with E-state index in [0.717, 1.165) is 31.7 Å². The van der Waals surface area contributed by atoms with E-state index in [2.05, 4.69) is 62.3 Å². The molecule has 0 aliphatic heterocycles. The number of hydrogen-bond donors (Lipinski definition) is 1. The molecule has 3 nitrogen and oxygen atoms in total. The first-order chi connectivity index (χ1) is 10.5. The third-order valence-electron chi connectivity index (χ3n) is 3.25. The zero-order valence-electron chi connectivity index (χ0n) is 12.9. The van der Waals surface area contributed by atoms with Crippen molar-refractivity contribution >= 4 is 37.5 Å². The number of aryl methyl sites for hydroxylation is 1. The molecule has 0 amide bonds. The summed E-state index contributed by atoms with van der Waals surface area (Å²) in [5.74, 6) is 1.48. The lowest BCUT2D eigenvalue weighted by Gasteiger charge is -2.15. The van der Waals surface area contributed by atoms with E-state index < -0.39 is 0 Å². The number of hydrogen-bond acceptors (Lipinski definition) is 3. The lowest BCUT2D eigenvalue weighted by Crippen LogP contribution is -2.03. The zero-order valence-corrected chi connectivity index (χ0v) is 16.0. The monoisotopic (exact) mass is 427 g/mol. The molecule has 0 aliphatic rings. The smallest absolute Gasteiger partial charge is 0.175 e. The van der Waals surface area contributed by atoms with Gasteiger partial charge in [-0.2, -0.15) is 0 Å². The highest BCUT2D eigenvalue weighted by Gasteiger charge is 2.11. The standard InChI is InChI=1S/C17H19Br2NO2/c1-4-22-17-14(19)8-12(9-16(17)21-3)10-20-15-6-5-13(18)7-11(15)2/h5-9,20H,4,10H2,1-3H3. The van der Waals surface area contributed by atoms with E-state index in [1.165, 1.54) is 5.56 Å². The lowest BCUT2D eigenvalue weighted by molar-refractivity contribution is 0.308. The van der Waals surface area contributed by atoms with Gasteiger partial charge in [0, 0.05) is 16.7 Å². The van der Waals surface area contributed by atoms with Crippen LogP contribution in [-0.2, 0) is 6.54 Å². The Balaban J connectivity index is 2.17. The molecule has 0 aromatic heterocycles. The highest BCUT2D eigenvalue weighted by atomic mass is 79.9. The Morgan fingerprint density at radius 2 is 1.91 bits per heavy atom. The molecule has 5 heteroatoms. The Morgan fingerprint density at radius 1 is 1.14 bits per heavy atom. The maximum atomic E-state index is 5.61. The Hall–Kier alpha value is -1.20. The number of benzene rings is 2.